The second-order valence-corrected chi connectivity index (χ2v) is 8.86. The van der Waals surface area contributed by atoms with Crippen LogP contribution < -0.4 is 10.1 Å². The first-order valence-electron chi connectivity index (χ1n) is 9.68. The fourth-order valence-electron chi connectivity index (χ4n) is 2.95. The molecule has 1 N–H and O–H groups in total. The van der Waals surface area contributed by atoms with Crippen molar-refractivity contribution in [1.29, 1.82) is 0 Å². The van der Waals surface area contributed by atoms with Crippen molar-refractivity contribution >= 4 is 44.9 Å². The van der Waals surface area contributed by atoms with Crippen LogP contribution in [0.5, 0.6) is 5.75 Å². The molecule has 5 nitrogen and oxygen atoms in total. The van der Waals surface area contributed by atoms with E-state index in [0.29, 0.717) is 17.3 Å². The van der Waals surface area contributed by atoms with Crippen molar-refractivity contribution in [3.05, 3.63) is 78.4 Å². The number of hydrogen-bond acceptors (Lipinski definition) is 6. The van der Waals surface area contributed by atoms with Crippen LogP contribution >= 0.6 is 23.1 Å². The van der Waals surface area contributed by atoms with Gasteiger partial charge in [-0.25, -0.2) is 0 Å². The lowest BCUT2D eigenvalue weighted by Crippen LogP contribution is -2.32. The summed E-state index contributed by atoms with van der Waals surface area (Å²) in [6, 6.07) is 24.1. The standard InChI is InChI=1S/C23H21N3O2S2/c1-2-20(28-19-13-12-17-10-6-7-11-18(17)14-19)21(27)24-22-25-26-23(30-22)29-15-16-8-4-3-5-9-16/h3-14,20H,2,15H2,1H3,(H,24,25,27)/t20-/m0/s1. The fraction of sp³-hybridized carbons (Fsp3) is 0.174. The predicted molar refractivity (Wildman–Crippen MR) is 123 cm³/mol. The molecule has 0 radical (unpaired) electrons. The molecule has 4 rings (SSSR count). The molecule has 0 bridgehead atoms. The van der Waals surface area contributed by atoms with Crippen LogP contribution in [-0.2, 0) is 10.5 Å². The molecule has 152 valence electrons. The molecule has 0 fully saturated rings. The topological polar surface area (TPSA) is 64.1 Å². The highest BCUT2D eigenvalue weighted by Gasteiger charge is 2.20. The number of ether oxygens (including phenoxy) is 1. The summed E-state index contributed by atoms with van der Waals surface area (Å²) in [5.74, 6) is 1.26. The van der Waals surface area contributed by atoms with E-state index < -0.39 is 6.10 Å². The number of rotatable bonds is 8. The van der Waals surface area contributed by atoms with Crippen molar-refractivity contribution in [3.8, 4) is 5.75 Å². The maximum absolute atomic E-state index is 12.7. The highest BCUT2D eigenvalue weighted by atomic mass is 32.2. The lowest BCUT2D eigenvalue weighted by molar-refractivity contribution is -0.122. The minimum atomic E-state index is -0.601. The third kappa shape index (κ3) is 5.17. The SMILES string of the molecule is CC[C@H](Oc1ccc2ccccc2c1)C(=O)Nc1nnc(SCc2ccccc2)s1. The number of benzene rings is 3. The van der Waals surface area contributed by atoms with Gasteiger partial charge >= 0.3 is 0 Å². The quantitative estimate of drug-likeness (QED) is 0.281. The summed E-state index contributed by atoms with van der Waals surface area (Å²) >= 11 is 2.97. The summed E-state index contributed by atoms with van der Waals surface area (Å²) < 4.78 is 6.77. The Labute approximate surface area is 183 Å². The Kier molecular flexibility index (Phi) is 6.61. The fourth-order valence-corrected chi connectivity index (χ4v) is 4.66. The number of nitrogens with one attached hydrogen (secondary N) is 1. The van der Waals surface area contributed by atoms with E-state index in [1.54, 1.807) is 11.8 Å². The van der Waals surface area contributed by atoms with Crippen molar-refractivity contribution in [2.45, 2.75) is 29.5 Å². The summed E-state index contributed by atoms with van der Waals surface area (Å²) in [6.45, 7) is 1.92. The van der Waals surface area contributed by atoms with Crippen LogP contribution in [0.4, 0.5) is 5.13 Å². The van der Waals surface area contributed by atoms with Crippen molar-refractivity contribution in [1.82, 2.24) is 10.2 Å². The maximum Gasteiger partial charge on any atom is 0.267 e. The van der Waals surface area contributed by atoms with Gasteiger partial charge < -0.3 is 4.74 Å². The molecule has 0 saturated carbocycles. The van der Waals surface area contributed by atoms with Gasteiger partial charge in [-0.2, -0.15) is 0 Å². The molecule has 3 aromatic carbocycles. The van der Waals surface area contributed by atoms with Crippen molar-refractivity contribution in [2.75, 3.05) is 5.32 Å². The van der Waals surface area contributed by atoms with E-state index in [9.17, 15) is 4.79 Å². The van der Waals surface area contributed by atoms with E-state index in [1.807, 2.05) is 67.6 Å². The van der Waals surface area contributed by atoms with E-state index in [-0.39, 0.29) is 5.91 Å². The van der Waals surface area contributed by atoms with E-state index in [0.717, 1.165) is 20.9 Å². The Balaban J connectivity index is 1.36. The summed E-state index contributed by atoms with van der Waals surface area (Å²) in [5.41, 5.74) is 1.22. The zero-order chi connectivity index (χ0) is 20.8. The van der Waals surface area contributed by atoms with E-state index in [4.69, 9.17) is 4.74 Å². The molecular weight excluding hydrogens is 414 g/mol. The first-order chi connectivity index (χ1) is 14.7. The lowest BCUT2D eigenvalue weighted by atomic mass is 10.1. The molecule has 1 aromatic heterocycles. The number of carbonyl (C=O) groups excluding carboxylic acids is 1. The monoisotopic (exact) mass is 435 g/mol. The van der Waals surface area contributed by atoms with Gasteiger partial charge in [0.1, 0.15) is 5.75 Å². The number of anilines is 1. The highest BCUT2D eigenvalue weighted by Crippen LogP contribution is 2.28. The second-order valence-electron chi connectivity index (χ2n) is 6.66. The number of fused-ring (bicyclic) bond motifs is 1. The molecule has 7 heteroatoms. The number of amides is 1. The maximum atomic E-state index is 12.7. The number of nitrogens with zero attached hydrogens (tertiary/aromatic N) is 2. The third-order valence-electron chi connectivity index (χ3n) is 4.50. The lowest BCUT2D eigenvalue weighted by Gasteiger charge is -2.16. The molecular formula is C23H21N3O2S2. The van der Waals surface area contributed by atoms with Crippen LogP contribution in [0, 0.1) is 0 Å². The first kappa shape index (κ1) is 20.4. The van der Waals surface area contributed by atoms with Crippen LogP contribution in [0.2, 0.25) is 0 Å². The van der Waals surface area contributed by atoms with Gasteiger partial charge in [-0.05, 0) is 34.9 Å². The van der Waals surface area contributed by atoms with Gasteiger partial charge in [0.25, 0.3) is 5.91 Å². The van der Waals surface area contributed by atoms with Gasteiger partial charge in [-0.3, -0.25) is 10.1 Å². The van der Waals surface area contributed by atoms with Crippen LogP contribution in [0.1, 0.15) is 18.9 Å². The predicted octanol–water partition coefficient (Wildman–Crippen LogP) is 5.78. The smallest absolute Gasteiger partial charge is 0.267 e. The average molecular weight is 436 g/mol. The van der Waals surface area contributed by atoms with Crippen molar-refractivity contribution < 1.29 is 9.53 Å². The van der Waals surface area contributed by atoms with Crippen LogP contribution in [0.25, 0.3) is 10.8 Å². The van der Waals surface area contributed by atoms with Crippen LogP contribution in [-0.4, -0.2) is 22.2 Å². The molecule has 0 saturated heterocycles. The summed E-state index contributed by atoms with van der Waals surface area (Å²) in [7, 11) is 0. The molecule has 1 atom stereocenters. The molecule has 0 aliphatic heterocycles. The summed E-state index contributed by atoms with van der Waals surface area (Å²) in [4.78, 5) is 12.7. The molecule has 4 aromatic rings. The number of carbonyl (C=O) groups is 1. The highest BCUT2D eigenvalue weighted by molar-refractivity contribution is 8.00. The van der Waals surface area contributed by atoms with Gasteiger partial charge in [0.2, 0.25) is 5.13 Å². The molecule has 30 heavy (non-hydrogen) atoms. The summed E-state index contributed by atoms with van der Waals surface area (Å²) in [6.07, 6.45) is -0.0527. The molecule has 1 amide bonds. The Morgan fingerprint density at radius 2 is 1.80 bits per heavy atom. The van der Waals surface area contributed by atoms with Crippen LogP contribution in [0.15, 0.2) is 77.1 Å². The van der Waals surface area contributed by atoms with Gasteiger partial charge in [0.15, 0.2) is 10.4 Å². The zero-order valence-corrected chi connectivity index (χ0v) is 18.1. The van der Waals surface area contributed by atoms with Gasteiger partial charge in [0.05, 0.1) is 0 Å². The van der Waals surface area contributed by atoms with Crippen LogP contribution in [0.3, 0.4) is 0 Å². The molecule has 1 heterocycles. The normalized spacial score (nSPS) is 11.9. The summed E-state index contributed by atoms with van der Waals surface area (Å²) in [5, 5.41) is 13.8. The number of hydrogen-bond donors (Lipinski definition) is 1. The van der Waals surface area contributed by atoms with E-state index in [2.05, 4.69) is 27.6 Å². The minimum Gasteiger partial charge on any atom is -0.481 e. The Hall–Kier alpha value is -2.90. The largest absolute Gasteiger partial charge is 0.481 e. The molecule has 0 unspecified atom stereocenters. The Morgan fingerprint density at radius 1 is 1.03 bits per heavy atom. The van der Waals surface area contributed by atoms with Gasteiger partial charge in [-0.15, -0.1) is 10.2 Å². The average Bonchev–Trinajstić information content (AvgIpc) is 3.23. The number of aromatic nitrogens is 2. The second kappa shape index (κ2) is 9.73. The van der Waals surface area contributed by atoms with E-state index >= 15 is 0 Å². The van der Waals surface area contributed by atoms with Gasteiger partial charge in [-0.1, -0.05) is 90.7 Å². The zero-order valence-electron chi connectivity index (χ0n) is 16.4. The Morgan fingerprint density at radius 3 is 2.60 bits per heavy atom. The number of thioether (sulfide) groups is 1. The third-order valence-corrected chi connectivity index (χ3v) is 6.55. The minimum absolute atomic E-state index is 0.221. The van der Waals surface area contributed by atoms with Crippen molar-refractivity contribution in [3.63, 3.8) is 0 Å². The van der Waals surface area contributed by atoms with E-state index in [1.165, 1.54) is 16.9 Å². The first-order valence-corrected chi connectivity index (χ1v) is 11.5. The molecule has 0 aliphatic carbocycles. The molecule has 0 spiro atoms. The van der Waals surface area contributed by atoms with Crippen molar-refractivity contribution in [2.24, 2.45) is 0 Å². The van der Waals surface area contributed by atoms with Gasteiger partial charge in [0, 0.05) is 5.75 Å². The molecule has 0 aliphatic rings. The Bertz CT molecular complexity index is 1130.